The van der Waals surface area contributed by atoms with E-state index >= 15 is 0 Å². The zero-order chi connectivity index (χ0) is 15.3. The first-order valence-corrected chi connectivity index (χ1v) is 9.90. The third-order valence-electron chi connectivity index (χ3n) is 3.58. The topological polar surface area (TPSA) is 61.4 Å². The quantitative estimate of drug-likeness (QED) is 0.760. The molecule has 1 aliphatic rings. The molecule has 2 rings (SSSR count). The summed E-state index contributed by atoms with van der Waals surface area (Å²) in [4.78, 5) is 3.75. The normalized spacial score (nSPS) is 18.2. The Morgan fingerprint density at radius 2 is 2.10 bits per heavy atom. The van der Waals surface area contributed by atoms with Crippen LogP contribution in [0.25, 0.3) is 0 Å². The van der Waals surface area contributed by atoms with Crippen LogP contribution in [0.15, 0.2) is 16.3 Å². The van der Waals surface area contributed by atoms with Gasteiger partial charge in [0.05, 0.1) is 4.90 Å². The fraction of sp³-hybridized carbons (Fsp3) is 0.714. The van der Waals surface area contributed by atoms with Gasteiger partial charge in [-0.25, -0.2) is 13.1 Å². The summed E-state index contributed by atoms with van der Waals surface area (Å²) in [7, 11) is -3.40. The highest BCUT2D eigenvalue weighted by Crippen LogP contribution is 2.19. The maximum absolute atomic E-state index is 12.4. The van der Waals surface area contributed by atoms with E-state index in [0.29, 0.717) is 4.90 Å². The van der Waals surface area contributed by atoms with Gasteiger partial charge in [0.15, 0.2) is 0 Å². The third-order valence-corrected chi connectivity index (χ3v) is 6.23. The molecule has 1 aromatic heterocycles. The summed E-state index contributed by atoms with van der Waals surface area (Å²) in [5.74, 6) is 0. The van der Waals surface area contributed by atoms with E-state index in [1.807, 2.05) is 13.8 Å². The van der Waals surface area contributed by atoms with Gasteiger partial charge in [-0.15, -0.1) is 11.3 Å². The zero-order valence-electron chi connectivity index (χ0n) is 12.8. The minimum absolute atomic E-state index is 0.0646. The van der Waals surface area contributed by atoms with E-state index in [4.69, 9.17) is 0 Å². The molecule has 1 fully saturated rings. The molecule has 1 unspecified atom stereocenters. The van der Waals surface area contributed by atoms with E-state index in [1.165, 1.54) is 24.2 Å². The monoisotopic (exact) mass is 331 g/mol. The largest absolute Gasteiger partial charge is 0.312 e. The minimum Gasteiger partial charge on any atom is -0.312 e. The molecule has 21 heavy (non-hydrogen) atoms. The van der Waals surface area contributed by atoms with Crippen molar-refractivity contribution in [2.75, 3.05) is 26.2 Å². The Morgan fingerprint density at radius 1 is 1.38 bits per heavy atom. The van der Waals surface area contributed by atoms with Crippen molar-refractivity contribution in [3.8, 4) is 0 Å². The zero-order valence-corrected chi connectivity index (χ0v) is 14.4. The van der Waals surface area contributed by atoms with Gasteiger partial charge < -0.3 is 10.2 Å². The lowest BCUT2D eigenvalue weighted by Crippen LogP contribution is -2.40. The van der Waals surface area contributed by atoms with Crippen molar-refractivity contribution in [3.63, 3.8) is 0 Å². The first kappa shape index (κ1) is 16.9. The summed E-state index contributed by atoms with van der Waals surface area (Å²) in [5.41, 5.74) is 0. The van der Waals surface area contributed by atoms with Gasteiger partial charge in [0.25, 0.3) is 0 Å². The lowest BCUT2D eigenvalue weighted by molar-refractivity contribution is 0.313. The molecule has 2 heterocycles. The van der Waals surface area contributed by atoms with Gasteiger partial charge in [-0.3, -0.25) is 0 Å². The Kier molecular flexibility index (Phi) is 6.19. The summed E-state index contributed by atoms with van der Waals surface area (Å²) in [5, 5.41) is 4.93. The van der Waals surface area contributed by atoms with Gasteiger partial charge in [-0.2, -0.15) is 0 Å². The fourth-order valence-corrected chi connectivity index (χ4v) is 5.04. The molecule has 0 amide bonds. The molecule has 2 N–H and O–H groups in total. The molecule has 120 valence electrons. The van der Waals surface area contributed by atoms with Crippen molar-refractivity contribution in [3.05, 3.63) is 16.3 Å². The van der Waals surface area contributed by atoms with E-state index in [0.717, 1.165) is 37.6 Å². The molecular formula is C14H25N3O2S2. The van der Waals surface area contributed by atoms with Gasteiger partial charge in [0, 0.05) is 29.4 Å². The van der Waals surface area contributed by atoms with E-state index in [9.17, 15) is 8.42 Å². The van der Waals surface area contributed by atoms with Crippen LogP contribution in [0.1, 0.15) is 31.6 Å². The molecule has 1 saturated heterocycles. The van der Waals surface area contributed by atoms with Gasteiger partial charge in [-0.05, 0) is 45.5 Å². The highest BCUT2D eigenvalue weighted by atomic mass is 32.2. The molecule has 5 nitrogen and oxygen atoms in total. The number of thiophene rings is 1. The predicted molar refractivity (Wildman–Crippen MR) is 87.2 cm³/mol. The Hall–Kier alpha value is -0.470. The highest BCUT2D eigenvalue weighted by molar-refractivity contribution is 7.89. The second-order valence-corrected chi connectivity index (χ2v) is 8.27. The lowest BCUT2D eigenvalue weighted by Gasteiger charge is -2.20. The summed E-state index contributed by atoms with van der Waals surface area (Å²) in [6.07, 6.45) is 2.44. The molecular weight excluding hydrogens is 306 g/mol. The molecule has 0 saturated carbocycles. The van der Waals surface area contributed by atoms with Gasteiger partial charge in [0.1, 0.15) is 0 Å². The number of nitrogens with one attached hydrogen (secondary N) is 2. The minimum atomic E-state index is -3.40. The Balaban J connectivity index is 1.92. The summed E-state index contributed by atoms with van der Waals surface area (Å²) in [6, 6.07) is 1.70. The van der Waals surface area contributed by atoms with Crippen LogP contribution in [-0.4, -0.2) is 45.5 Å². The molecule has 0 spiro atoms. The molecule has 1 aliphatic heterocycles. The van der Waals surface area contributed by atoms with Crippen LogP contribution in [0.2, 0.25) is 0 Å². The van der Waals surface area contributed by atoms with Crippen LogP contribution in [0, 0.1) is 0 Å². The molecule has 7 heteroatoms. The van der Waals surface area contributed by atoms with Crippen molar-refractivity contribution < 1.29 is 8.42 Å². The third kappa shape index (κ3) is 5.03. The van der Waals surface area contributed by atoms with Crippen LogP contribution in [-0.2, 0) is 16.6 Å². The van der Waals surface area contributed by atoms with Crippen molar-refractivity contribution in [1.82, 2.24) is 14.9 Å². The van der Waals surface area contributed by atoms with E-state index in [1.54, 1.807) is 11.4 Å². The molecule has 0 aliphatic carbocycles. The van der Waals surface area contributed by atoms with E-state index in [-0.39, 0.29) is 6.04 Å². The lowest BCUT2D eigenvalue weighted by atomic mass is 10.3. The summed E-state index contributed by atoms with van der Waals surface area (Å²) in [6.45, 7) is 8.52. The SMILES string of the molecule is CCNCc1cc(S(=O)(=O)NC(C)CN2CCCC2)cs1. The second kappa shape index (κ2) is 7.69. The molecule has 0 aromatic carbocycles. The van der Waals surface area contributed by atoms with Crippen LogP contribution in [0.5, 0.6) is 0 Å². The van der Waals surface area contributed by atoms with Crippen molar-refractivity contribution in [2.45, 2.75) is 44.2 Å². The summed E-state index contributed by atoms with van der Waals surface area (Å²) < 4.78 is 27.5. The Labute approximate surface area is 131 Å². The van der Waals surface area contributed by atoms with Crippen LogP contribution in [0.3, 0.4) is 0 Å². The maximum Gasteiger partial charge on any atom is 0.241 e. The standard InChI is InChI=1S/C14H25N3O2S2/c1-3-15-9-13-8-14(11-20-13)21(18,19)16-12(2)10-17-6-4-5-7-17/h8,11-12,15-16H,3-7,9-10H2,1-2H3. The average Bonchev–Trinajstić information content (AvgIpc) is 3.06. The fourth-order valence-electron chi connectivity index (χ4n) is 2.56. The maximum atomic E-state index is 12.4. The average molecular weight is 332 g/mol. The smallest absolute Gasteiger partial charge is 0.241 e. The molecule has 1 aromatic rings. The molecule has 1 atom stereocenters. The summed E-state index contributed by atoms with van der Waals surface area (Å²) >= 11 is 1.48. The van der Waals surface area contributed by atoms with Crippen molar-refractivity contribution in [1.29, 1.82) is 0 Å². The number of nitrogens with zero attached hydrogens (tertiary/aromatic N) is 1. The van der Waals surface area contributed by atoms with Crippen molar-refractivity contribution in [2.24, 2.45) is 0 Å². The first-order chi connectivity index (χ1) is 10.0. The van der Waals surface area contributed by atoms with Gasteiger partial charge >= 0.3 is 0 Å². The van der Waals surface area contributed by atoms with Gasteiger partial charge in [-0.1, -0.05) is 6.92 Å². The van der Waals surface area contributed by atoms with Gasteiger partial charge in [0.2, 0.25) is 10.0 Å². The number of hydrogen-bond donors (Lipinski definition) is 2. The van der Waals surface area contributed by atoms with E-state index < -0.39 is 10.0 Å². The predicted octanol–water partition coefficient (Wildman–Crippen LogP) is 1.62. The highest BCUT2D eigenvalue weighted by Gasteiger charge is 2.21. The van der Waals surface area contributed by atoms with Crippen LogP contribution < -0.4 is 10.0 Å². The molecule has 0 bridgehead atoms. The van der Waals surface area contributed by atoms with E-state index in [2.05, 4.69) is 14.9 Å². The van der Waals surface area contributed by atoms with Crippen LogP contribution in [0.4, 0.5) is 0 Å². The van der Waals surface area contributed by atoms with Crippen molar-refractivity contribution >= 4 is 21.4 Å². The van der Waals surface area contributed by atoms with Crippen LogP contribution >= 0.6 is 11.3 Å². The molecule has 0 radical (unpaired) electrons. The number of likely N-dealkylation sites (tertiary alicyclic amines) is 1. The first-order valence-electron chi connectivity index (χ1n) is 7.54. The number of sulfonamides is 1. The number of rotatable bonds is 8. The Bertz CT molecular complexity index is 536. The second-order valence-electron chi connectivity index (χ2n) is 5.56. The number of hydrogen-bond acceptors (Lipinski definition) is 5. The Morgan fingerprint density at radius 3 is 2.76 bits per heavy atom.